The van der Waals surface area contributed by atoms with Crippen molar-refractivity contribution in [1.82, 2.24) is 10.6 Å². The van der Waals surface area contributed by atoms with Crippen molar-refractivity contribution in [1.29, 1.82) is 0 Å². The van der Waals surface area contributed by atoms with Crippen LogP contribution in [0.25, 0.3) is 0 Å². The van der Waals surface area contributed by atoms with Gasteiger partial charge in [0.1, 0.15) is 12.1 Å². The molecule has 1 amide bonds. The SMILES string of the molecule is CN[C@@H](CCCCNC(=O)[C@@H]1N=CC[C@H]1C)C(=O)O. The van der Waals surface area contributed by atoms with Crippen LogP contribution in [0.1, 0.15) is 32.6 Å². The van der Waals surface area contributed by atoms with Gasteiger partial charge in [-0.1, -0.05) is 6.92 Å². The summed E-state index contributed by atoms with van der Waals surface area (Å²) in [7, 11) is 1.64. The van der Waals surface area contributed by atoms with Crippen LogP contribution in [0.4, 0.5) is 0 Å². The molecule has 0 saturated heterocycles. The summed E-state index contributed by atoms with van der Waals surface area (Å²) in [6, 6.07) is -0.751. The molecular formula is C13H23N3O3. The quantitative estimate of drug-likeness (QED) is 0.557. The van der Waals surface area contributed by atoms with Gasteiger partial charge < -0.3 is 15.7 Å². The van der Waals surface area contributed by atoms with Crippen LogP contribution >= 0.6 is 0 Å². The summed E-state index contributed by atoms with van der Waals surface area (Å²) in [6.07, 6.45) is 4.78. The molecule has 6 nitrogen and oxygen atoms in total. The molecule has 0 aromatic rings. The number of nitrogens with one attached hydrogen (secondary N) is 2. The van der Waals surface area contributed by atoms with E-state index in [0.717, 1.165) is 19.3 Å². The molecule has 0 fully saturated rings. The third-order valence-electron chi connectivity index (χ3n) is 3.42. The first-order valence-electron chi connectivity index (χ1n) is 6.75. The Balaban J connectivity index is 2.12. The number of aliphatic carboxylic acids is 1. The lowest BCUT2D eigenvalue weighted by molar-refractivity contribution is -0.139. The summed E-state index contributed by atoms with van der Waals surface area (Å²) in [5.41, 5.74) is 0. The standard InChI is InChI=1S/C13H23N3O3/c1-9-6-8-15-11(9)12(17)16-7-4-3-5-10(14-2)13(18)19/h8-11,14H,3-7H2,1-2H3,(H,16,17)(H,18,19)/t9-,10+,11-/m1/s1. The Labute approximate surface area is 113 Å². The lowest BCUT2D eigenvalue weighted by atomic mass is 10.0. The first kappa shape index (κ1) is 15.6. The van der Waals surface area contributed by atoms with Crippen LogP contribution in [0, 0.1) is 5.92 Å². The van der Waals surface area contributed by atoms with E-state index in [0.29, 0.717) is 13.0 Å². The highest BCUT2D eigenvalue weighted by atomic mass is 16.4. The van der Waals surface area contributed by atoms with Crippen LogP contribution in [-0.4, -0.2) is 48.9 Å². The van der Waals surface area contributed by atoms with Crippen molar-refractivity contribution in [3.63, 3.8) is 0 Å². The second kappa shape index (κ2) is 7.89. The molecule has 1 rings (SSSR count). The Morgan fingerprint density at radius 2 is 2.21 bits per heavy atom. The van der Waals surface area contributed by atoms with Crippen LogP contribution in [0.3, 0.4) is 0 Å². The lowest BCUT2D eigenvalue weighted by Crippen LogP contribution is -2.36. The molecule has 3 atom stereocenters. The smallest absolute Gasteiger partial charge is 0.320 e. The normalized spacial score (nSPS) is 23.3. The van der Waals surface area contributed by atoms with Gasteiger partial charge in [-0.3, -0.25) is 14.6 Å². The van der Waals surface area contributed by atoms with E-state index in [1.54, 1.807) is 13.3 Å². The van der Waals surface area contributed by atoms with Crippen LogP contribution in [0.15, 0.2) is 4.99 Å². The Morgan fingerprint density at radius 1 is 1.47 bits per heavy atom. The van der Waals surface area contributed by atoms with Crippen molar-refractivity contribution in [3.05, 3.63) is 0 Å². The number of likely N-dealkylation sites (N-methyl/N-ethyl adjacent to an activating group) is 1. The maximum Gasteiger partial charge on any atom is 0.320 e. The number of amides is 1. The topological polar surface area (TPSA) is 90.8 Å². The molecular weight excluding hydrogens is 246 g/mol. The van der Waals surface area contributed by atoms with Crippen molar-refractivity contribution in [3.8, 4) is 0 Å². The van der Waals surface area contributed by atoms with Gasteiger partial charge in [-0.15, -0.1) is 0 Å². The Kier molecular flexibility index (Phi) is 6.49. The van der Waals surface area contributed by atoms with E-state index in [-0.39, 0.29) is 17.9 Å². The third-order valence-corrected chi connectivity index (χ3v) is 3.42. The van der Waals surface area contributed by atoms with E-state index in [2.05, 4.69) is 15.6 Å². The number of carboxylic acids is 1. The molecule has 0 radical (unpaired) electrons. The molecule has 0 aliphatic carbocycles. The zero-order chi connectivity index (χ0) is 14.3. The van der Waals surface area contributed by atoms with E-state index in [9.17, 15) is 9.59 Å². The number of hydrogen-bond donors (Lipinski definition) is 3. The average molecular weight is 269 g/mol. The number of aliphatic imine (C=N–C) groups is 1. The number of carbonyl (C=O) groups is 2. The van der Waals surface area contributed by atoms with E-state index in [4.69, 9.17) is 5.11 Å². The maximum absolute atomic E-state index is 11.8. The number of rotatable bonds is 8. The highest BCUT2D eigenvalue weighted by Gasteiger charge is 2.26. The van der Waals surface area contributed by atoms with Crippen molar-refractivity contribution >= 4 is 18.1 Å². The molecule has 108 valence electrons. The number of nitrogens with zero attached hydrogens (tertiary/aromatic N) is 1. The minimum Gasteiger partial charge on any atom is -0.480 e. The van der Waals surface area contributed by atoms with Crippen molar-refractivity contribution in [2.24, 2.45) is 10.9 Å². The first-order valence-corrected chi connectivity index (χ1v) is 6.75. The number of carboxylic acid groups (broad SMARTS) is 1. The summed E-state index contributed by atoms with van der Waals surface area (Å²) in [6.45, 7) is 2.59. The van der Waals surface area contributed by atoms with Gasteiger partial charge in [-0.2, -0.15) is 0 Å². The van der Waals surface area contributed by atoms with Crippen LogP contribution in [-0.2, 0) is 9.59 Å². The second-order valence-electron chi connectivity index (χ2n) is 4.96. The first-order chi connectivity index (χ1) is 9.06. The van der Waals surface area contributed by atoms with Crippen molar-refractivity contribution in [2.45, 2.75) is 44.7 Å². The lowest BCUT2D eigenvalue weighted by Gasteiger charge is -2.14. The van der Waals surface area contributed by atoms with E-state index >= 15 is 0 Å². The zero-order valence-corrected chi connectivity index (χ0v) is 11.6. The molecule has 0 spiro atoms. The van der Waals surface area contributed by atoms with Gasteiger partial charge in [-0.25, -0.2) is 0 Å². The van der Waals surface area contributed by atoms with Crippen LogP contribution < -0.4 is 10.6 Å². The molecule has 0 bridgehead atoms. The summed E-state index contributed by atoms with van der Waals surface area (Å²) in [4.78, 5) is 26.7. The fourth-order valence-electron chi connectivity index (χ4n) is 2.12. The predicted octanol–water partition coefficient (Wildman–Crippen LogP) is 0.425. The molecule has 1 heterocycles. The number of unbranched alkanes of at least 4 members (excludes halogenated alkanes) is 1. The summed E-state index contributed by atoms with van der Waals surface area (Å²) in [5, 5.41) is 14.4. The Bertz CT molecular complexity index is 344. The van der Waals surface area contributed by atoms with Gasteiger partial charge in [0, 0.05) is 12.8 Å². The number of carbonyl (C=O) groups excluding carboxylic acids is 1. The predicted molar refractivity (Wildman–Crippen MR) is 73.4 cm³/mol. The molecule has 6 heteroatoms. The molecule has 19 heavy (non-hydrogen) atoms. The van der Waals surface area contributed by atoms with Gasteiger partial charge in [0.2, 0.25) is 5.91 Å². The maximum atomic E-state index is 11.8. The molecule has 0 unspecified atom stereocenters. The molecule has 0 aromatic heterocycles. The average Bonchev–Trinajstić information content (AvgIpc) is 2.79. The minimum absolute atomic E-state index is 0.0235. The van der Waals surface area contributed by atoms with Gasteiger partial charge in [0.05, 0.1) is 0 Å². The minimum atomic E-state index is -0.833. The second-order valence-corrected chi connectivity index (χ2v) is 4.96. The highest BCUT2D eigenvalue weighted by Crippen LogP contribution is 2.16. The van der Waals surface area contributed by atoms with E-state index in [1.165, 1.54) is 0 Å². The molecule has 3 N–H and O–H groups in total. The Morgan fingerprint density at radius 3 is 2.74 bits per heavy atom. The summed E-state index contributed by atoms with van der Waals surface area (Å²) < 4.78 is 0. The van der Waals surface area contributed by atoms with Gasteiger partial charge >= 0.3 is 5.97 Å². The van der Waals surface area contributed by atoms with Gasteiger partial charge in [-0.05, 0) is 38.6 Å². The van der Waals surface area contributed by atoms with Crippen molar-refractivity contribution < 1.29 is 14.7 Å². The molecule has 1 aliphatic rings. The zero-order valence-electron chi connectivity index (χ0n) is 11.6. The van der Waals surface area contributed by atoms with Gasteiger partial charge in [0.15, 0.2) is 0 Å². The summed E-state index contributed by atoms with van der Waals surface area (Å²) in [5.74, 6) is -0.578. The summed E-state index contributed by atoms with van der Waals surface area (Å²) >= 11 is 0. The fourth-order valence-corrected chi connectivity index (χ4v) is 2.12. The van der Waals surface area contributed by atoms with E-state index < -0.39 is 12.0 Å². The van der Waals surface area contributed by atoms with Crippen molar-refractivity contribution in [2.75, 3.05) is 13.6 Å². The van der Waals surface area contributed by atoms with Gasteiger partial charge in [0.25, 0.3) is 0 Å². The molecule has 1 aliphatic heterocycles. The third kappa shape index (κ3) is 4.98. The largest absolute Gasteiger partial charge is 0.480 e. The fraction of sp³-hybridized carbons (Fsp3) is 0.769. The van der Waals surface area contributed by atoms with Crippen LogP contribution in [0.5, 0.6) is 0 Å². The van der Waals surface area contributed by atoms with E-state index in [1.807, 2.05) is 6.92 Å². The number of hydrogen-bond acceptors (Lipinski definition) is 4. The molecule has 0 saturated carbocycles. The van der Waals surface area contributed by atoms with Crippen LogP contribution in [0.2, 0.25) is 0 Å². The monoisotopic (exact) mass is 269 g/mol. The Hall–Kier alpha value is -1.43. The highest BCUT2D eigenvalue weighted by molar-refractivity contribution is 5.85. The molecule has 0 aromatic carbocycles.